The van der Waals surface area contributed by atoms with Gasteiger partial charge in [-0.25, -0.2) is 9.59 Å². The van der Waals surface area contributed by atoms with Crippen molar-refractivity contribution in [1.29, 1.82) is 0 Å². The van der Waals surface area contributed by atoms with Crippen molar-refractivity contribution in [2.45, 2.75) is 12.4 Å². The van der Waals surface area contributed by atoms with Crippen LogP contribution in [0.15, 0.2) is 109 Å². The molecule has 0 spiro atoms. The van der Waals surface area contributed by atoms with Gasteiger partial charge in [0.05, 0.1) is 29.4 Å². The monoisotopic (exact) mass is 740 g/mol. The number of hydrogen-bond acceptors (Lipinski definition) is 6. The molecule has 3 N–H and O–H groups in total. The van der Waals surface area contributed by atoms with Gasteiger partial charge in [-0.1, -0.05) is 42.5 Å². The number of amides is 1. The van der Waals surface area contributed by atoms with E-state index in [-0.39, 0.29) is 39.1 Å². The van der Waals surface area contributed by atoms with Gasteiger partial charge in [0.2, 0.25) is 0 Å². The molecule has 1 unspecified atom stereocenters. The topological polar surface area (TPSA) is 122 Å². The fourth-order valence-electron chi connectivity index (χ4n) is 5.44. The first kappa shape index (κ1) is 37.4. The maximum atomic E-state index is 15.2. The summed E-state index contributed by atoms with van der Waals surface area (Å²) in [5, 5.41) is 14.0. The van der Waals surface area contributed by atoms with E-state index in [4.69, 9.17) is 4.74 Å². The minimum Gasteiger partial charge on any atom is -0.478 e. The first-order valence-electron chi connectivity index (χ1n) is 15.1. The lowest BCUT2D eigenvalue weighted by atomic mass is 9.97. The summed E-state index contributed by atoms with van der Waals surface area (Å²) >= 11 is 0. The molecule has 52 heavy (non-hydrogen) atoms. The Bertz CT molecular complexity index is 2220. The quantitative estimate of drug-likeness (QED) is 0.0801. The van der Waals surface area contributed by atoms with E-state index in [1.54, 1.807) is 12.1 Å². The van der Waals surface area contributed by atoms with Crippen molar-refractivity contribution >= 4 is 52.3 Å². The molecule has 0 aliphatic heterocycles. The third-order valence-electron chi connectivity index (χ3n) is 8.02. The van der Waals surface area contributed by atoms with Crippen molar-refractivity contribution in [2.24, 2.45) is 0 Å². The van der Waals surface area contributed by atoms with Crippen LogP contribution in [0.3, 0.4) is 0 Å². The average molecular weight is 741 g/mol. The normalized spacial score (nSPS) is 12.8. The molecule has 1 atom stereocenters. The molecule has 0 saturated heterocycles. The average Bonchev–Trinajstić information content (AvgIpc) is 3.13. The smallest absolute Gasteiger partial charge is 0.416 e. The predicted octanol–water partition coefficient (Wildman–Crippen LogP) is 7.81. The van der Waals surface area contributed by atoms with Gasteiger partial charge in [-0.3, -0.25) is 4.79 Å². The zero-order chi connectivity index (χ0) is 38.0. The third-order valence-corrected chi connectivity index (χ3v) is 11.0. The van der Waals surface area contributed by atoms with Crippen LogP contribution in [-0.4, -0.2) is 37.1 Å². The summed E-state index contributed by atoms with van der Waals surface area (Å²) in [6.45, 7) is 0. The molecule has 0 saturated carbocycles. The number of anilines is 2. The van der Waals surface area contributed by atoms with Crippen LogP contribution in [0.25, 0.3) is 11.1 Å². The number of carboxylic acids is 1. The van der Waals surface area contributed by atoms with E-state index >= 15 is 4.57 Å². The van der Waals surface area contributed by atoms with Crippen LogP contribution in [-0.2, 0) is 21.7 Å². The first-order valence-corrected chi connectivity index (χ1v) is 16.8. The number of alkyl halides is 6. The van der Waals surface area contributed by atoms with E-state index < -0.39 is 53.8 Å². The molecule has 15 heteroatoms. The van der Waals surface area contributed by atoms with Crippen molar-refractivity contribution in [3.8, 4) is 11.1 Å². The number of rotatable bonds is 9. The first-order chi connectivity index (χ1) is 24.4. The molecule has 0 aromatic heterocycles. The molecule has 268 valence electrons. The number of hydrogen-bond donors (Lipinski definition) is 3. The summed E-state index contributed by atoms with van der Waals surface area (Å²) in [6, 6.07) is 21.8. The highest BCUT2D eigenvalue weighted by atomic mass is 31.2. The lowest BCUT2D eigenvalue weighted by Crippen LogP contribution is -2.28. The molecule has 0 aliphatic rings. The highest BCUT2D eigenvalue weighted by Crippen LogP contribution is 2.46. The summed E-state index contributed by atoms with van der Waals surface area (Å²) in [5.41, 5.74) is -2.48. The molecule has 8 nitrogen and oxygen atoms in total. The molecule has 5 aromatic rings. The fraction of sp³-hybridized carbons (Fsp3) is 0.108. The molecule has 5 rings (SSSR count). The highest BCUT2D eigenvalue weighted by molar-refractivity contribution is 7.85. The fourth-order valence-corrected chi connectivity index (χ4v) is 8.21. The van der Waals surface area contributed by atoms with Crippen molar-refractivity contribution in [1.82, 2.24) is 0 Å². The van der Waals surface area contributed by atoms with E-state index in [0.29, 0.717) is 28.9 Å². The second-order valence-corrected chi connectivity index (χ2v) is 14.1. The van der Waals surface area contributed by atoms with Gasteiger partial charge < -0.3 is 25.0 Å². The van der Waals surface area contributed by atoms with Crippen molar-refractivity contribution < 1.29 is 55.1 Å². The molecule has 5 aromatic carbocycles. The van der Waals surface area contributed by atoms with Gasteiger partial charge in [-0.2, -0.15) is 26.3 Å². The lowest BCUT2D eigenvalue weighted by Gasteiger charge is -2.23. The van der Waals surface area contributed by atoms with E-state index in [0.717, 1.165) is 7.11 Å². The largest absolute Gasteiger partial charge is 0.478 e. The zero-order valence-electron chi connectivity index (χ0n) is 27.1. The Labute approximate surface area is 292 Å². The zero-order valence-corrected chi connectivity index (χ0v) is 28.0. The third kappa shape index (κ3) is 7.71. The van der Waals surface area contributed by atoms with Gasteiger partial charge >= 0.3 is 24.3 Å². The Morgan fingerprint density at radius 1 is 0.654 bits per heavy atom. The number of methoxy groups -OCH3 is 1. The van der Waals surface area contributed by atoms with Gasteiger partial charge in [-0.15, -0.1) is 0 Å². The van der Waals surface area contributed by atoms with Crippen LogP contribution in [0.5, 0.6) is 0 Å². The van der Waals surface area contributed by atoms with Crippen molar-refractivity contribution in [2.75, 3.05) is 24.8 Å². The van der Waals surface area contributed by atoms with Crippen LogP contribution in [0, 0.1) is 0 Å². The molecule has 0 aliphatic carbocycles. The van der Waals surface area contributed by atoms with Crippen molar-refractivity contribution in [3.05, 3.63) is 137 Å². The van der Waals surface area contributed by atoms with Gasteiger partial charge in [0.1, 0.15) is 0 Å². The lowest BCUT2D eigenvalue weighted by molar-refractivity contribution is -0.143. The Balaban J connectivity index is 1.58. The summed E-state index contributed by atoms with van der Waals surface area (Å²) < 4.78 is 103. The minimum atomic E-state index is -5.20. The number of carbonyl (C=O) groups is 3. The number of carboxylic acid groups (broad SMARTS) is 1. The van der Waals surface area contributed by atoms with E-state index in [1.807, 2.05) is 0 Å². The number of benzene rings is 5. The number of nitrogens with one attached hydrogen (secondary N) is 2. The maximum absolute atomic E-state index is 15.2. The Morgan fingerprint density at radius 2 is 1.21 bits per heavy atom. The molecular weight excluding hydrogens is 713 g/mol. The SMILES string of the molecule is CNc1cccc(P(=O)(c2cccc(NC(=O)c3cccc(-c4ccc(C(=O)O)c(C(=O)OC)c4)c3)c2)c2cc(C(F)(F)F)cc(C(F)(F)F)c2)c1. The number of ether oxygens (including phenoxy) is 1. The van der Waals surface area contributed by atoms with Gasteiger partial charge in [-0.05, 0) is 77.9 Å². The van der Waals surface area contributed by atoms with Crippen molar-refractivity contribution in [3.63, 3.8) is 0 Å². The van der Waals surface area contributed by atoms with Crippen LogP contribution >= 0.6 is 7.14 Å². The Morgan fingerprint density at radius 3 is 1.77 bits per heavy atom. The highest BCUT2D eigenvalue weighted by Gasteiger charge is 2.40. The van der Waals surface area contributed by atoms with Crippen LogP contribution < -0.4 is 26.5 Å². The van der Waals surface area contributed by atoms with Crippen LogP contribution in [0.4, 0.5) is 37.7 Å². The summed E-state index contributed by atoms with van der Waals surface area (Å²) in [4.78, 5) is 37.3. The molecule has 0 bridgehead atoms. The molecular formula is C37H27F6N2O6P. The second kappa shape index (κ2) is 14.4. The van der Waals surface area contributed by atoms with E-state index in [9.17, 15) is 45.8 Å². The summed E-state index contributed by atoms with van der Waals surface area (Å²) in [7, 11) is -1.87. The number of aromatic carboxylic acids is 1. The maximum Gasteiger partial charge on any atom is 0.416 e. The Hall–Kier alpha value is -5.88. The second-order valence-electron chi connectivity index (χ2n) is 11.3. The minimum absolute atomic E-state index is 0.0275. The van der Waals surface area contributed by atoms with Gasteiger partial charge in [0.15, 0.2) is 7.14 Å². The molecule has 0 radical (unpaired) electrons. The molecule has 0 heterocycles. The van der Waals surface area contributed by atoms with Gasteiger partial charge in [0, 0.05) is 39.9 Å². The van der Waals surface area contributed by atoms with E-state index in [1.165, 1.54) is 85.9 Å². The molecule has 0 fully saturated rings. The number of carbonyl (C=O) groups excluding carboxylic acids is 2. The van der Waals surface area contributed by atoms with E-state index in [2.05, 4.69) is 10.6 Å². The van der Waals surface area contributed by atoms with Gasteiger partial charge in [0.25, 0.3) is 5.91 Å². The summed E-state index contributed by atoms with van der Waals surface area (Å²) in [6.07, 6.45) is -10.4. The molecule has 1 amide bonds. The van der Waals surface area contributed by atoms with Crippen LogP contribution in [0.2, 0.25) is 0 Å². The predicted molar refractivity (Wildman–Crippen MR) is 184 cm³/mol. The summed E-state index contributed by atoms with van der Waals surface area (Å²) in [5.74, 6) is -2.93. The number of halogens is 6. The van der Waals surface area contributed by atoms with Crippen LogP contribution in [0.1, 0.15) is 42.2 Å². The Kier molecular flexibility index (Phi) is 10.3. The standard InChI is InChI=1S/C37H27F6N2O6P/c1-44-26-8-4-10-28(19-26)52(50,30-17-24(36(38,39)40)16-25(18-30)37(41,42)43)29-11-5-9-27(20-29)45-33(46)23-7-3-6-21(14-23)22-12-13-31(34(47)48)32(15-22)35(49)51-2/h3-20,44H,1-2H3,(H,45,46)(H,47,48). The number of esters is 1.